The highest BCUT2D eigenvalue weighted by Crippen LogP contribution is 2.21. The normalized spacial score (nSPS) is 13.1. The van der Waals surface area contributed by atoms with Gasteiger partial charge in [-0.2, -0.15) is 13.2 Å². The Morgan fingerprint density at radius 2 is 2.11 bits per heavy atom. The maximum atomic E-state index is 12.0. The number of alkyl halides is 3. The minimum Gasteiger partial charge on any atom is -0.353 e. The summed E-state index contributed by atoms with van der Waals surface area (Å²) in [7, 11) is 0. The summed E-state index contributed by atoms with van der Waals surface area (Å²) in [5.74, 6) is -0.586. The van der Waals surface area contributed by atoms with Crippen LogP contribution in [0.1, 0.15) is 31.2 Å². The van der Waals surface area contributed by atoms with Crippen LogP contribution in [-0.2, 0) is 11.2 Å². The number of amides is 1. The van der Waals surface area contributed by atoms with Gasteiger partial charge in [-0.3, -0.25) is 9.78 Å². The molecule has 1 aromatic rings. The van der Waals surface area contributed by atoms with Gasteiger partial charge in [0.25, 0.3) is 0 Å². The Kier molecular flexibility index (Phi) is 5.32. The fourth-order valence-corrected chi connectivity index (χ4v) is 1.68. The van der Waals surface area contributed by atoms with Gasteiger partial charge in [0.1, 0.15) is 0 Å². The quantitative estimate of drug-likeness (QED) is 0.897. The highest BCUT2D eigenvalue weighted by molar-refractivity contribution is 5.76. The Labute approximate surface area is 110 Å². The van der Waals surface area contributed by atoms with Crippen LogP contribution in [-0.4, -0.2) is 23.1 Å². The van der Waals surface area contributed by atoms with Gasteiger partial charge in [0, 0.05) is 30.3 Å². The molecule has 0 bridgehead atoms. The number of halogens is 3. The van der Waals surface area contributed by atoms with Crippen LogP contribution in [0.25, 0.3) is 0 Å². The van der Waals surface area contributed by atoms with E-state index in [-0.39, 0.29) is 6.04 Å². The predicted octanol–water partition coefficient (Wildman–Crippen LogP) is 2.78. The summed E-state index contributed by atoms with van der Waals surface area (Å²) >= 11 is 0. The molecule has 0 aliphatic heterocycles. The molecule has 106 valence electrons. The highest BCUT2D eigenvalue weighted by Gasteiger charge is 2.28. The molecule has 1 rings (SSSR count). The van der Waals surface area contributed by atoms with Crippen LogP contribution in [0.2, 0.25) is 0 Å². The van der Waals surface area contributed by atoms with Crippen LogP contribution in [0.15, 0.2) is 18.2 Å². The third kappa shape index (κ3) is 6.79. The van der Waals surface area contributed by atoms with Crippen LogP contribution in [0.3, 0.4) is 0 Å². The van der Waals surface area contributed by atoms with E-state index < -0.39 is 24.9 Å². The van der Waals surface area contributed by atoms with Crippen molar-refractivity contribution in [2.75, 3.05) is 0 Å². The summed E-state index contributed by atoms with van der Waals surface area (Å²) in [5.41, 5.74) is 1.68. The zero-order valence-electron chi connectivity index (χ0n) is 10.9. The molecule has 1 amide bonds. The molecular weight excluding hydrogens is 257 g/mol. The first-order valence-corrected chi connectivity index (χ1v) is 6.05. The summed E-state index contributed by atoms with van der Waals surface area (Å²) in [5, 5.41) is 2.54. The maximum absolute atomic E-state index is 12.0. The predicted molar refractivity (Wildman–Crippen MR) is 65.6 cm³/mol. The van der Waals surface area contributed by atoms with E-state index in [2.05, 4.69) is 10.3 Å². The van der Waals surface area contributed by atoms with Gasteiger partial charge in [-0.15, -0.1) is 0 Å². The Hall–Kier alpha value is -1.59. The van der Waals surface area contributed by atoms with Crippen molar-refractivity contribution in [3.8, 4) is 0 Å². The molecule has 1 N–H and O–H groups in total. The number of aryl methyl sites for hydroxylation is 1. The van der Waals surface area contributed by atoms with Crippen molar-refractivity contribution in [3.05, 3.63) is 29.6 Å². The lowest BCUT2D eigenvalue weighted by molar-refractivity contribution is -0.144. The molecule has 0 aromatic carbocycles. The Morgan fingerprint density at radius 1 is 1.42 bits per heavy atom. The smallest absolute Gasteiger partial charge is 0.353 e. The van der Waals surface area contributed by atoms with Crippen molar-refractivity contribution in [1.82, 2.24) is 10.3 Å². The third-order valence-corrected chi connectivity index (χ3v) is 2.50. The zero-order chi connectivity index (χ0) is 14.5. The van der Waals surface area contributed by atoms with Gasteiger partial charge in [-0.1, -0.05) is 6.07 Å². The number of nitrogens with zero attached hydrogens (tertiary/aromatic N) is 1. The van der Waals surface area contributed by atoms with Crippen LogP contribution in [0.5, 0.6) is 0 Å². The third-order valence-electron chi connectivity index (χ3n) is 2.50. The molecule has 3 nitrogen and oxygen atoms in total. The van der Waals surface area contributed by atoms with E-state index in [4.69, 9.17) is 0 Å². The monoisotopic (exact) mass is 274 g/mol. The van der Waals surface area contributed by atoms with E-state index in [9.17, 15) is 18.0 Å². The number of rotatable bonds is 5. The van der Waals surface area contributed by atoms with Crippen molar-refractivity contribution in [2.45, 2.75) is 45.3 Å². The zero-order valence-corrected chi connectivity index (χ0v) is 10.9. The van der Waals surface area contributed by atoms with E-state index in [1.54, 1.807) is 6.92 Å². The van der Waals surface area contributed by atoms with Crippen molar-refractivity contribution >= 4 is 5.91 Å². The SMILES string of the molecule is Cc1cccc(C[C@@H](C)NC(=O)CCC(F)(F)F)n1. The maximum Gasteiger partial charge on any atom is 0.389 e. The summed E-state index contributed by atoms with van der Waals surface area (Å²) in [6.45, 7) is 3.60. The van der Waals surface area contributed by atoms with Crippen molar-refractivity contribution in [2.24, 2.45) is 0 Å². The average molecular weight is 274 g/mol. The first-order chi connectivity index (χ1) is 8.76. The van der Waals surface area contributed by atoms with E-state index in [1.165, 1.54) is 0 Å². The molecule has 19 heavy (non-hydrogen) atoms. The summed E-state index contributed by atoms with van der Waals surface area (Å²) in [6.07, 6.45) is -5.42. The van der Waals surface area contributed by atoms with Gasteiger partial charge in [-0.05, 0) is 26.0 Å². The molecule has 0 aliphatic rings. The van der Waals surface area contributed by atoms with E-state index in [1.807, 2.05) is 25.1 Å². The number of nitrogens with one attached hydrogen (secondary N) is 1. The second kappa shape index (κ2) is 6.54. The average Bonchev–Trinajstić information content (AvgIpc) is 2.25. The number of hydrogen-bond donors (Lipinski definition) is 1. The van der Waals surface area contributed by atoms with Gasteiger partial charge in [0.15, 0.2) is 0 Å². The molecule has 0 spiro atoms. The second-order valence-corrected chi connectivity index (χ2v) is 4.56. The molecule has 1 aromatic heterocycles. The number of pyridine rings is 1. The van der Waals surface area contributed by atoms with Gasteiger partial charge in [0.2, 0.25) is 5.91 Å². The van der Waals surface area contributed by atoms with E-state index in [0.29, 0.717) is 6.42 Å². The molecule has 0 aliphatic carbocycles. The topological polar surface area (TPSA) is 42.0 Å². The van der Waals surface area contributed by atoms with E-state index in [0.717, 1.165) is 11.4 Å². The number of aromatic nitrogens is 1. The van der Waals surface area contributed by atoms with Gasteiger partial charge >= 0.3 is 6.18 Å². The van der Waals surface area contributed by atoms with Crippen molar-refractivity contribution in [1.29, 1.82) is 0 Å². The molecular formula is C13H17F3N2O. The highest BCUT2D eigenvalue weighted by atomic mass is 19.4. The molecule has 1 heterocycles. The minimum atomic E-state index is -4.29. The summed E-state index contributed by atoms with van der Waals surface area (Å²) < 4.78 is 35.9. The van der Waals surface area contributed by atoms with Crippen LogP contribution in [0, 0.1) is 6.92 Å². The first kappa shape index (κ1) is 15.5. The standard InChI is InChI=1S/C13H17F3N2O/c1-9-4-3-5-11(17-9)8-10(2)18-12(19)6-7-13(14,15)16/h3-5,10H,6-8H2,1-2H3,(H,18,19)/t10-/m1/s1. The summed E-state index contributed by atoms with van der Waals surface area (Å²) in [6, 6.07) is 5.30. The lowest BCUT2D eigenvalue weighted by atomic mass is 10.1. The van der Waals surface area contributed by atoms with Gasteiger partial charge in [0.05, 0.1) is 6.42 Å². The van der Waals surface area contributed by atoms with Gasteiger partial charge in [-0.25, -0.2) is 0 Å². The molecule has 6 heteroatoms. The Bertz CT molecular complexity index is 432. The molecule has 0 radical (unpaired) electrons. The number of carbonyl (C=O) groups excluding carboxylic acids is 1. The fraction of sp³-hybridized carbons (Fsp3) is 0.538. The second-order valence-electron chi connectivity index (χ2n) is 4.56. The molecule has 1 atom stereocenters. The van der Waals surface area contributed by atoms with Crippen molar-refractivity contribution < 1.29 is 18.0 Å². The lowest BCUT2D eigenvalue weighted by Gasteiger charge is -2.14. The lowest BCUT2D eigenvalue weighted by Crippen LogP contribution is -2.34. The fourth-order valence-electron chi connectivity index (χ4n) is 1.68. The summed E-state index contributed by atoms with van der Waals surface area (Å²) in [4.78, 5) is 15.6. The van der Waals surface area contributed by atoms with Crippen molar-refractivity contribution in [3.63, 3.8) is 0 Å². The Balaban J connectivity index is 2.38. The Morgan fingerprint density at radius 3 is 2.68 bits per heavy atom. The number of carbonyl (C=O) groups is 1. The largest absolute Gasteiger partial charge is 0.389 e. The van der Waals surface area contributed by atoms with Crippen LogP contribution < -0.4 is 5.32 Å². The van der Waals surface area contributed by atoms with Crippen LogP contribution >= 0.6 is 0 Å². The van der Waals surface area contributed by atoms with Crippen LogP contribution in [0.4, 0.5) is 13.2 Å². The van der Waals surface area contributed by atoms with Gasteiger partial charge < -0.3 is 5.32 Å². The molecule has 0 fully saturated rings. The number of hydrogen-bond acceptors (Lipinski definition) is 2. The first-order valence-electron chi connectivity index (χ1n) is 6.05. The molecule has 0 saturated carbocycles. The minimum absolute atomic E-state index is 0.241. The molecule has 0 saturated heterocycles. The molecule has 0 unspecified atom stereocenters. The van der Waals surface area contributed by atoms with E-state index >= 15 is 0 Å².